The summed E-state index contributed by atoms with van der Waals surface area (Å²) in [5.74, 6) is 0. The summed E-state index contributed by atoms with van der Waals surface area (Å²) >= 11 is 0. The van der Waals surface area contributed by atoms with Gasteiger partial charge in [-0.3, -0.25) is 0 Å². The van der Waals surface area contributed by atoms with Gasteiger partial charge in [0.05, 0.1) is 11.0 Å². The molecule has 0 fully saturated rings. The second-order valence-electron chi connectivity index (χ2n) is 16.1. The molecule has 0 spiro atoms. The summed E-state index contributed by atoms with van der Waals surface area (Å²) in [5, 5.41) is 10.1. The molecule has 2 nitrogen and oxygen atoms in total. The molecule has 11 aromatic carbocycles. The van der Waals surface area contributed by atoms with E-state index in [2.05, 4.69) is 252 Å². The first-order valence-corrected chi connectivity index (χ1v) is 21.3. The average Bonchev–Trinajstić information content (AvgIpc) is 3.69. The van der Waals surface area contributed by atoms with Gasteiger partial charge in [-0.05, 0) is 126 Å². The Hall–Kier alpha value is -8.20. The van der Waals surface area contributed by atoms with Crippen molar-refractivity contribution in [3.05, 3.63) is 243 Å². The van der Waals surface area contributed by atoms with Crippen LogP contribution < -0.4 is 4.90 Å². The van der Waals surface area contributed by atoms with Crippen LogP contribution in [-0.4, -0.2) is 4.57 Å². The minimum Gasteiger partial charge on any atom is -0.310 e. The van der Waals surface area contributed by atoms with Crippen LogP contribution in [0.5, 0.6) is 0 Å². The molecule has 290 valence electrons. The molecule has 0 saturated carbocycles. The Morgan fingerprint density at radius 1 is 0.274 bits per heavy atom. The molecule has 0 unspecified atom stereocenters. The van der Waals surface area contributed by atoms with Crippen molar-refractivity contribution in [2.24, 2.45) is 0 Å². The molecule has 12 rings (SSSR count). The van der Waals surface area contributed by atoms with Gasteiger partial charge in [-0.2, -0.15) is 0 Å². The monoisotopic (exact) mass is 788 g/mol. The van der Waals surface area contributed by atoms with Crippen molar-refractivity contribution in [3.63, 3.8) is 0 Å². The Kier molecular flexibility index (Phi) is 8.53. The second-order valence-corrected chi connectivity index (χ2v) is 16.1. The Morgan fingerprint density at radius 2 is 0.758 bits per heavy atom. The van der Waals surface area contributed by atoms with E-state index in [1.165, 1.54) is 87.5 Å². The van der Waals surface area contributed by atoms with Gasteiger partial charge in [0, 0.05) is 33.5 Å². The molecule has 0 aliphatic heterocycles. The van der Waals surface area contributed by atoms with E-state index < -0.39 is 0 Å². The largest absolute Gasteiger partial charge is 0.310 e. The molecule has 0 radical (unpaired) electrons. The lowest BCUT2D eigenvalue weighted by Gasteiger charge is -2.27. The van der Waals surface area contributed by atoms with E-state index in [4.69, 9.17) is 0 Å². The number of nitrogens with zero attached hydrogens (tertiary/aromatic N) is 2. The summed E-state index contributed by atoms with van der Waals surface area (Å²) in [6.45, 7) is 0. The topological polar surface area (TPSA) is 8.17 Å². The summed E-state index contributed by atoms with van der Waals surface area (Å²) in [6.07, 6.45) is 0. The quantitative estimate of drug-likeness (QED) is 0.146. The molecule has 1 aromatic heterocycles. The number of anilines is 3. The Labute approximate surface area is 360 Å². The van der Waals surface area contributed by atoms with Crippen LogP contribution in [0.15, 0.2) is 243 Å². The zero-order valence-corrected chi connectivity index (χ0v) is 34.0. The van der Waals surface area contributed by atoms with E-state index in [1.54, 1.807) is 0 Å². The fourth-order valence-corrected chi connectivity index (χ4v) is 9.73. The van der Waals surface area contributed by atoms with Gasteiger partial charge in [-0.15, -0.1) is 0 Å². The zero-order valence-electron chi connectivity index (χ0n) is 34.0. The third kappa shape index (κ3) is 5.96. The van der Waals surface area contributed by atoms with Gasteiger partial charge in [-0.25, -0.2) is 0 Å². The lowest BCUT2D eigenvalue weighted by atomic mass is 9.91. The maximum absolute atomic E-state index is 2.40. The number of hydrogen-bond acceptors (Lipinski definition) is 1. The molecular weight excluding hydrogens is 749 g/mol. The summed E-state index contributed by atoms with van der Waals surface area (Å²) in [6, 6.07) is 88.4. The first kappa shape index (κ1) is 35.7. The third-order valence-electron chi connectivity index (χ3n) is 12.6. The standard InChI is InChI=1S/C60H40N2/c1-2-15-41(16-3-1)51-27-12-18-44-19-13-28-52(60(44)51)42-31-35-46(36-32-42)61(48-20-14-21-49(40-48)62-58-29-10-8-25-55(58)56-26-9-11-30-59(56)62)47-37-33-43(34-38-47)57-39-45-17-4-5-22-50(45)53-23-6-7-24-54(53)57/h1-40H. The number of para-hydroxylation sites is 2. The Bertz CT molecular complexity index is 3560. The van der Waals surface area contributed by atoms with Gasteiger partial charge in [-0.1, -0.05) is 182 Å². The van der Waals surface area contributed by atoms with Crippen LogP contribution in [0.1, 0.15) is 0 Å². The van der Waals surface area contributed by atoms with Gasteiger partial charge in [0.1, 0.15) is 0 Å². The van der Waals surface area contributed by atoms with Crippen molar-refractivity contribution < 1.29 is 0 Å². The van der Waals surface area contributed by atoms with Crippen LogP contribution >= 0.6 is 0 Å². The molecule has 0 aliphatic carbocycles. The summed E-state index contributed by atoms with van der Waals surface area (Å²) in [4.78, 5) is 2.39. The van der Waals surface area contributed by atoms with E-state index in [1.807, 2.05) is 0 Å². The fraction of sp³-hybridized carbons (Fsp3) is 0. The predicted molar refractivity (Wildman–Crippen MR) is 264 cm³/mol. The number of aromatic nitrogens is 1. The highest BCUT2D eigenvalue weighted by Gasteiger charge is 2.18. The van der Waals surface area contributed by atoms with Crippen LogP contribution in [0, 0.1) is 0 Å². The minimum absolute atomic E-state index is 1.08. The van der Waals surface area contributed by atoms with E-state index in [-0.39, 0.29) is 0 Å². The molecule has 12 aromatic rings. The molecule has 62 heavy (non-hydrogen) atoms. The van der Waals surface area contributed by atoms with Crippen molar-refractivity contribution >= 4 is 71.2 Å². The van der Waals surface area contributed by atoms with E-state index >= 15 is 0 Å². The molecule has 0 saturated heterocycles. The normalized spacial score (nSPS) is 11.5. The van der Waals surface area contributed by atoms with Gasteiger partial charge in [0.15, 0.2) is 0 Å². The van der Waals surface area contributed by atoms with Crippen molar-refractivity contribution in [2.75, 3.05) is 4.90 Å². The Morgan fingerprint density at radius 3 is 1.40 bits per heavy atom. The molecule has 0 N–H and O–H groups in total. The maximum Gasteiger partial charge on any atom is 0.0541 e. The van der Waals surface area contributed by atoms with Crippen molar-refractivity contribution in [2.45, 2.75) is 0 Å². The van der Waals surface area contributed by atoms with Crippen LogP contribution in [0.25, 0.3) is 93.2 Å². The van der Waals surface area contributed by atoms with Crippen LogP contribution in [0.2, 0.25) is 0 Å². The first-order valence-electron chi connectivity index (χ1n) is 21.3. The maximum atomic E-state index is 2.40. The molecule has 0 aliphatic rings. The van der Waals surface area contributed by atoms with Gasteiger partial charge in [0.2, 0.25) is 0 Å². The van der Waals surface area contributed by atoms with Crippen LogP contribution in [0.4, 0.5) is 17.1 Å². The van der Waals surface area contributed by atoms with Crippen molar-refractivity contribution in [3.8, 4) is 39.1 Å². The van der Waals surface area contributed by atoms with Crippen molar-refractivity contribution in [1.29, 1.82) is 0 Å². The number of rotatable bonds is 7. The lowest BCUT2D eigenvalue weighted by molar-refractivity contribution is 1.17. The molecule has 0 amide bonds. The van der Waals surface area contributed by atoms with Gasteiger partial charge in [0.25, 0.3) is 0 Å². The first-order chi connectivity index (χ1) is 30.8. The SMILES string of the molecule is c1ccc(-c2cccc3cccc(-c4ccc(N(c5ccc(-c6cc7ccccc7c7ccccc67)cc5)c5cccc(-n6c7ccccc7c7ccccc76)c5)cc4)c23)cc1. The van der Waals surface area contributed by atoms with Crippen LogP contribution in [-0.2, 0) is 0 Å². The van der Waals surface area contributed by atoms with Crippen molar-refractivity contribution in [1.82, 2.24) is 4.57 Å². The summed E-state index contributed by atoms with van der Waals surface area (Å²) in [5.41, 5.74) is 14.0. The molecule has 0 bridgehead atoms. The molecule has 2 heteroatoms. The summed E-state index contributed by atoms with van der Waals surface area (Å²) in [7, 11) is 0. The second kappa shape index (κ2) is 14.8. The molecule has 0 atom stereocenters. The average molecular weight is 789 g/mol. The fourth-order valence-electron chi connectivity index (χ4n) is 9.73. The van der Waals surface area contributed by atoms with Gasteiger partial charge >= 0.3 is 0 Å². The van der Waals surface area contributed by atoms with Gasteiger partial charge < -0.3 is 9.47 Å². The molecule has 1 heterocycles. The lowest BCUT2D eigenvalue weighted by Crippen LogP contribution is -2.10. The highest BCUT2D eigenvalue weighted by atomic mass is 15.1. The number of fused-ring (bicyclic) bond motifs is 7. The minimum atomic E-state index is 1.08. The van der Waals surface area contributed by atoms with Crippen LogP contribution in [0.3, 0.4) is 0 Å². The van der Waals surface area contributed by atoms with E-state index in [0.717, 1.165) is 22.7 Å². The van der Waals surface area contributed by atoms with E-state index in [0.29, 0.717) is 0 Å². The third-order valence-corrected chi connectivity index (χ3v) is 12.6. The zero-order chi connectivity index (χ0) is 41.0. The number of benzene rings is 11. The highest BCUT2D eigenvalue weighted by molar-refractivity contribution is 6.14. The summed E-state index contributed by atoms with van der Waals surface area (Å²) < 4.78 is 2.40. The number of hydrogen-bond donors (Lipinski definition) is 0. The Balaban J connectivity index is 1.01. The predicted octanol–water partition coefficient (Wildman–Crippen LogP) is 16.7. The molecular formula is C60H40N2. The highest BCUT2D eigenvalue weighted by Crippen LogP contribution is 2.42. The smallest absolute Gasteiger partial charge is 0.0541 e. The van der Waals surface area contributed by atoms with E-state index in [9.17, 15) is 0 Å².